The van der Waals surface area contributed by atoms with Crippen LogP contribution in [0.2, 0.25) is 0 Å². The highest BCUT2D eigenvalue weighted by Gasteiger charge is 2.22. The Bertz CT molecular complexity index is 1090. The Morgan fingerprint density at radius 3 is 2.76 bits per heavy atom. The topological polar surface area (TPSA) is 68.2 Å². The number of amides is 1. The van der Waals surface area contributed by atoms with E-state index >= 15 is 0 Å². The lowest BCUT2D eigenvalue weighted by Crippen LogP contribution is -2.24. The molecule has 0 radical (unpaired) electrons. The second-order valence-electron chi connectivity index (χ2n) is 7.07. The second-order valence-corrected chi connectivity index (χ2v) is 7.07. The predicted octanol–water partition coefficient (Wildman–Crippen LogP) is 3.44. The largest absolute Gasteiger partial charge is 0.494 e. The van der Waals surface area contributed by atoms with E-state index in [1.807, 2.05) is 24.6 Å². The van der Waals surface area contributed by atoms with Crippen molar-refractivity contribution in [2.24, 2.45) is 7.05 Å². The molecule has 150 valence electrons. The van der Waals surface area contributed by atoms with E-state index in [0.29, 0.717) is 29.2 Å². The molecule has 0 fully saturated rings. The maximum atomic E-state index is 14.8. The van der Waals surface area contributed by atoms with Crippen molar-refractivity contribution >= 4 is 11.6 Å². The number of methoxy groups -OCH3 is 1. The third kappa shape index (κ3) is 3.38. The molecule has 2 aromatic carbocycles. The first kappa shape index (κ1) is 19.1. The summed E-state index contributed by atoms with van der Waals surface area (Å²) in [5.41, 5.74) is 4.51. The van der Waals surface area contributed by atoms with Gasteiger partial charge in [-0.15, -0.1) is 0 Å². The van der Waals surface area contributed by atoms with Gasteiger partial charge < -0.3 is 19.9 Å². The Morgan fingerprint density at radius 1 is 1.24 bits per heavy atom. The Hall–Kier alpha value is -3.19. The van der Waals surface area contributed by atoms with Crippen molar-refractivity contribution < 1.29 is 13.9 Å². The van der Waals surface area contributed by atoms with E-state index in [-0.39, 0.29) is 11.7 Å². The van der Waals surface area contributed by atoms with Crippen molar-refractivity contribution in [3.8, 4) is 16.9 Å². The van der Waals surface area contributed by atoms with Gasteiger partial charge >= 0.3 is 0 Å². The predicted molar refractivity (Wildman–Crippen MR) is 110 cm³/mol. The van der Waals surface area contributed by atoms with Crippen LogP contribution < -0.4 is 15.4 Å². The number of anilines is 1. The standard InChI is InChI=1S/C22H23FN4O2/c1-13-14(15-7-5-9-19(29-3)20(15)23)6-4-8-16(13)26-22(28)21-25-17-12-24-11-10-18(17)27(21)2/h4-9,24H,10-12H2,1-3H3,(H,26,28). The zero-order valence-electron chi connectivity index (χ0n) is 16.7. The van der Waals surface area contributed by atoms with Crippen LogP contribution in [0.5, 0.6) is 5.75 Å². The normalized spacial score (nSPS) is 13.1. The van der Waals surface area contributed by atoms with Crippen molar-refractivity contribution in [3.63, 3.8) is 0 Å². The lowest BCUT2D eigenvalue weighted by molar-refractivity contribution is 0.101. The highest BCUT2D eigenvalue weighted by molar-refractivity contribution is 6.03. The number of carbonyl (C=O) groups excluding carboxylic acids is 1. The van der Waals surface area contributed by atoms with E-state index in [2.05, 4.69) is 15.6 Å². The van der Waals surface area contributed by atoms with Crippen LogP contribution in [0.15, 0.2) is 36.4 Å². The van der Waals surface area contributed by atoms with E-state index in [9.17, 15) is 9.18 Å². The minimum atomic E-state index is -0.425. The minimum absolute atomic E-state index is 0.184. The van der Waals surface area contributed by atoms with E-state index < -0.39 is 5.82 Å². The molecule has 0 unspecified atom stereocenters. The fraction of sp³-hybridized carbons (Fsp3) is 0.273. The maximum absolute atomic E-state index is 14.8. The summed E-state index contributed by atoms with van der Waals surface area (Å²) in [4.78, 5) is 17.4. The summed E-state index contributed by atoms with van der Waals surface area (Å²) in [5.74, 6) is -0.154. The Balaban J connectivity index is 1.67. The molecule has 0 saturated carbocycles. The van der Waals surface area contributed by atoms with Gasteiger partial charge in [0.25, 0.3) is 5.91 Å². The molecule has 2 heterocycles. The Labute approximate surface area is 168 Å². The van der Waals surface area contributed by atoms with Crippen LogP contribution in [-0.2, 0) is 20.0 Å². The minimum Gasteiger partial charge on any atom is -0.494 e. The van der Waals surface area contributed by atoms with Gasteiger partial charge in [-0.3, -0.25) is 4.79 Å². The monoisotopic (exact) mass is 394 g/mol. The van der Waals surface area contributed by atoms with Gasteiger partial charge in [-0.2, -0.15) is 0 Å². The molecule has 1 amide bonds. The van der Waals surface area contributed by atoms with Crippen molar-refractivity contribution in [2.45, 2.75) is 19.9 Å². The van der Waals surface area contributed by atoms with Crippen molar-refractivity contribution in [3.05, 3.63) is 65.0 Å². The summed E-state index contributed by atoms with van der Waals surface area (Å²) in [5, 5.41) is 6.20. The lowest BCUT2D eigenvalue weighted by Gasteiger charge is -2.15. The van der Waals surface area contributed by atoms with Crippen LogP contribution in [0.25, 0.3) is 11.1 Å². The van der Waals surface area contributed by atoms with Crippen LogP contribution in [-0.4, -0.2) is 29.1 Å². The molecule has 1 aliphatic heterocycles. The molecule has 7 heteroatoms. The number of halogens is 1. The fourth-order valence-corrected chi connectivity index (χ4v) is 3.78. The second kappa shape index (κ2) is 7.67. The third-order valence-electron chi connectivity index (χ3n) is 5.39. The van der Waals surface area contributed by atoms with Crippen molar-refractivity contribution in [1.82, 2.24) is 14.9 Å². The molecule has 0 saturated heterocycles. The molecule has 2 N–H and O–H groups in total. The first-order chi connectivity index (χ1) is 14.0. The quantitative estimate of drug-likeness (QED) is 0.711. The molecule has 1 aliphatic rings. The molecule has 4 rings (SSSR count). The molecule has 1 aromatic heterocycles. The number of benzene rings is 2. The van der Waals surface area contributed by atoms with Gasteiger partial charge in [0.2, 0.25) is 0 Å². The van der Waals surface area contributed by atoms with Crippen LogP contribution >= 0.6 is 0 Å². The summed E-state index contributed by atoms with van der Waals surface area (Å²) >= 11 is 0. The Morgan fingerprint density at radius 2 is 2.00 bits per heavy atom. The van der Waals surface area contributed by atoms with E-state index in [0.717, 1.165) is 29.9 Å². The smallest absolute Gasteiger partial charge is 0.291 e. The summed E-state index contributed by atoms with van der Waals surface area (Å²) < 4.78 is 21.7. The van der Waals surface area contributed by atoms with Crippen LogP contribution in [0, 0.1) is 12.7 Å². The molecular weight excluding hydrogens is 371 g/mol. The van der Waals surface area contributed by atoms with E-state index in [1.165, 1.54) is 7.11 Å². The SMILES string of the molecule is COc1cccc(-c2cccc(NC(=O)c3nc4c(n3C)CCNC4)c2C)c1F. The number of ether oxygens (including phenoxy) is 1. The summed E-state index contributed by atoms with van der Waals surface area (Å²) in [6.45, 7) is 3.40. The number of carbonyl (C=O) groups is 1. The molecule has 29 heavy (non-hydrogen) atoms. The van der Waals surface area contributed by atoms with Gasteiger partial charge in [0.1, 0.15) is 0 Å². The van der Waals surface area contributed by atoms with E-state index in [1.54, 1.807) is 30.3 Å². The highest BCUT2D eigenvalue weighted by Crippen LogP contribution is 2.34. The van der Waals surface area contributed by atoms with Crippen LogP contribution in [0.1, 0.15) is 27.6 Å². The summed E-state index contributed by atoms with van der Waals surface area (Å²) in [7, 11) is 3.30. The molecule has 0 spiro atoms. The number of imidazole rings is 1. The zero-order chi connectivity index (χ0) is 20.5. The zero-order valence-corrected chi connectivity index (χ0v) is 16.7. The summed E-state index contributed by atoms with van der Waals surface area (Å²) in [6, 6.07) is 10.5. The number of aromatic nitrogens is 2. The first-order valence-electron chi connectivity index (χ1n) is 9.50. The molecule has 0 bridgehead atoms. The van der Waals surface area contributed by atoms with Crippen LogP contribution in [0.4, 0.5) is 10.1 Å². The average Bonchev–Trinajstić information content (AvgIpc) is 3.07. The molecule has 6 nitrogen and oxygen atoms in total. The van der Waals surface area contributed by atoms with E-state index in [4.69, 9.17) is 4.74 Å². The fourth-order valence-electron chi connectivity index (χ4n) is 3.78. The first-order valence-corrected chi connectivity index (χ1v) is 9.50. The number of nitrogens with one attached hydrogen (secondary N) is 2. The maximum Gasteiger partial charge on any atom is 0.291 e. The molecule has 0 atom stereocenters. The Kier molecular flexibility index (Phi) is 5.07. The number of rotatable bonds is 4. The molecule has 3 aromatic rings. The molecule has 0 aliphatic carbocycles. The van der Waals surface area contributed by atoms with Gasteiger partial charge in [0.05, 0.1) is 12.8 Å². The molecular formula is C22H23FN4O2. The number of hydrogen-bond donors (Lipinski definition) is 2. The number of hydrogen-bond acceptors (Lipinski definition) is 4. The van der Waals surface area contributed by atoms with Gasteiger partial charge in [0, 0.05) is 43.5 Å². The van der Waals surface area contributed by atoms with Crippen molar-refractivity contribution in [1.29, 1.82) is 0 Å². The van der Waals surface area contributed by atoms with Gasteiger partial charge in [-0.05, 0) is 30.2 Å². The van der Waals surface area contributed by atoms with Crippen LogP contribution in [0.3, 0.4) is 0 Å². The van der Waals surface area contributed by atoms with Gasteiger partial charge in [0.15, 0.2) is 17.4 Å². The van der Waals surface area contributed by atoms with Crippen molar-refractivity contribution in [2.75, 3.05) is 19.0 Å². The van der Waals surface area contributed by atoms with Gasteiger partial charge in [-0.1, -0.05) is 24.3 Å². The number of nitrogens with zero attached hydrogens (tertiary/aromatic N) is 2. The lowest BCUT2D eigenvalue weighted by atomic mass is 9.98. The summed E-state index contributed by atoms with van der Waals surface area (Å²) in [6.07, 6.45) is 0.843. The average molecular weight is 394 g/mol. The third-order valence-corrected chi connectivity index (χ3v) is 5.39. The number of fused-ring (bicyclic) bond motifs is 1. The van der Waals surface area contributed by atoms with Gasteiger partial charge in [-0.25, -0.2) is 9.37 Å². The highest BCUT2D eigenvalue weighted by atomic mass is 19.1.